The third-order valence-corrected chi connectivity index (χ3v) is 2.21. The SMILES string of the molecule is O=C(Nc1ccc(-c2cnc[nH]2)cc1)C(F)(F)F. The molecule has 0 fully saturated rings. The number of halogens is 3. The molecule has 0 spiro atoms. The number of benzene rings is 1. The highest BCUT2D eigenvalue weighted by Gasteiger charge is 2.38. The molecule has 1 aromatic heterocycles. The molecule has 0 saturated heterocycles. The van der Waals surface area contributed by atoms with Gasteiger partial charge in [-0.15, -0.1) is 0 Å². The molecule has 0 aliphatic heterocycles. The van der Waals surface area contributed by atoms with Crippen LogP contribution in [-0.4, -0.2) is 22.1 Å². The van der Waals surface area contributed by atoms with Gasteiger partial charge >= 0.3 is 12.1 Å². The van der Waals surface area contributed by atoms with Gasteiger partial charge in [0.2, 0.25) is 0 Å². The molecule has 0 atom stereocenters. The monoisotopic (exact) mass is 255 g/mol. The number of imidazole rings is 1. The maximum absolute atomic E-state index is 12.0. The van der Waals surface area contributed by atoms with E-state index >= 15 is 0 Å². The van der Waals surface area contributed by atoms with Crippen molar-refractivity contribution in [1.82, 2.24) is 9.97 Å². The average molecular weight is 255 g/mol. The highest BCUT2D eigenvalue weighted by atomic mass is 19.4. The molecule has 2 aromatic rings. The third kappa shape index (κ3) is 2.68. The smallest absolute Gasteiger partial charge is 0.345 e. The Bertz CT molecular complexity index is 532. The number of aromatic amines is 1. The molecule has 1 heterocycles. The molecular formula is C11H8F3N3O. The van der Waals surface area contributed by atoms with Crippen molar-refractivity contribution in [2.24, 2.45) is 0 Å². The largest absolute Gasteiger partial charge is 0.471 e. The normalized spacial score (nSPS) is 11.3. The molecule has 0 bridgehead atoms. The van der Waals surface area contributed by atoms with E-state index in [0.717, 1.165) is 11.3 Å². The van der Waals surface area contributed by atoms with Gasteiger partial charge in [0, 0.05) is 5.69 Å². The summed E-state index contributed by atoms with van der Waals surface area (Å²) in [6.45, 7) is 0. The lowest BCUT2D eigenvalue weighted by molar-refractivity contribution is -0.167. The fraction of sp³-hybridized carbons (Fsp3) is 0.0909. The van der Waals surface area contributed by atoms with Gasteiger partial charge in [-0.2, -0.15) is 13.2 Å². The molecule has 4 nitrogen and oxygen atoms in total. The standard InChI is InChI=1S/C11H8F3N3O/c12-11(13,14)10(18)17-8-3-1-7(2-4-8)9-5-15-6-16-9/h1-6H,(H,15,16)(H,17,18). The van der Waals surface area contributed by atoms with E-state index in [-0.39, 0.29) is 5.69 Å². The van der Waals surface area contributed by atoms with Crippen LogP contribution in [0, 0.1) is 0 Å². The Hall–Kier alpha value is -2.31. The summed E-state index contributed by atoms with van der Waals surface area (Å²) in [4.78, 5) is 17.4. The van der Waals surface area contributed by atoms with Gasteiger partial charge in [-0.25, -0.2) is 4.98 Å². The molecule has 0 radical (unpaired) electrons. The van der Waals surface area contributed by atoms with Crippen molar-refractivity contribution in [2.75, 3.05) is 5.32 Å². The van der Waals surface area contributed by atoms with Crippen molar-refractivity contribution < 1.29 is 18.0 Å². The summed E-state index contributed by atoms with van der Waals surface area (Å²) in [6.07, 6.45) is -1.81. The van der Waals surface area contributed by atoms with Crippen molar-refractivity contribution in [1.29, 1.82) is 0 Å². The van der Waals surface area contributed by atoms with E-state index in [4.69, 9.17) is 0 Å². The molecule has 2 N–H and O–H groups in total. The Labute approximate surface area is 99.9 Å². The van der Waals surface area contributed by atoms with Crippen LogP contribution < -0.4 is 5.32 Å². The Morgan fingerprint density at radius 1 is 1.22 bits per heavy atom. The number of anilines is 1. The number of alkyl halides is 3. The number of nitrogens with zero attached hydrogens (tertiary/aromatic N) is 1. The number of aromatic nitrogens is 2. The number of nitrogens with one attached hydrogen (secondary N) is 2. The second-order valence-corrected chi connectivity index (χ2v) is 3.49. The van der Waals surface area contributed by atoms with E-state index in [1.165, 1.54) is 18.5 Å². The van der Waals surface area contributed by atoms with Gasteiger partial charge in [0.1, 0.15) is 0 Å². The highest BCUT2D eigenvalue weighted by molar-refractivity contribution is 5.95. The molecule has 2 rings (SSSR count). The topological polar surface area (TPSA) is 57.8 Å². The average Bonchev–Trinajstić information content (AvgIpc) is 2.82. The molecule has 18 heavy (non-hydrogen) atoms. The molecule has 1 aromatic carbocycles. The van der Waals surface area contributed by atoms with Crippen LogP contribution in [0.4, 0.5) is 18.9 Å². The van der Waals surface area contributed by atoms with Gasteiger partial charge in [-0.1, -0.05) is 12.1 Å². The van der Waals surface area contributed by atoms with Gasteiger partial charge in [0.15, 0.2) is 0 Å². The zero-order valence-electron chi connectivity index (χ0n) is 8.95. The Kier molecular flexibility index (Phi) is 3.05. The molecule has 0 unspecified atom stereocenters. The van der Waals surface area contributed by atoms with E-state index in [0.29, 0.717) is 0 Å². The molecular weight excluding hydrogens is 247 g/mol. The van der Waals surface area contributed by atoms with E-state index in [1.54, 1.807) is 23.6 Å². The summed E-state index contributed by atoms with van der Waals surface area (Å²) in [5.41, 5.74) is 1.58. The number of H-pyrrole nitrogens is 1. The van der Waals surface area contributed by atoms with Gasteiger partial charge in [-0.3, -0.25) is 4.79 Å². The van der Waals surface area contributed by atoms with E-state index < -0.39 is 12.1 Å². The minimum atomic E-state index is -4.89. The zero-order chi connectivity index (χ0) is 13.2. The minimum Gasteiger partial charge on any atom is -0.345 e. The van der Waals surface area contributed by atoms with Crippen LogP contribution in [0.2, 0.25) is 0 Å². The second kappa shape index (κ2) is 4.52. The molecule has 0 saturated carbocycles. The van der Waals surface area contributed by atoms with Gasteiger partial charge in [0.25, 0.3) is 0 Å². The first-order chi connectivity index (χ1) is 8.47. The summed E-state index contributed by atoms with van der Waals surface area (Å²) < 4.78 is 36.0. The number of hydrogen-bond acceptors (Lipinski definition) is 2. The predicted molar refractivity (Wildman–Crippen MR) is 58.7 cm³/mol. The summed E-state index contributed by atoms with van der Waals surface area (Å²) in [5, 5.41) is 1.76. The minimum absolute atomic E-state index is 0.0839. The van der Waals surface area contributed by atoms with Crippen LogP contribution in [0.15, 0.2) is 36.8 Å². The van der Waals surface area contributed by atoms with Crippen LogP contribution in [0.25, 0.3) is 11.3 Å². The Balaban J connectivity index is 2.12. The summed E-state index contributed by atoms with van der Waals surface area (Å²) in [5.74, 6) is -1.99. The second-order valence-electron chi connectivity index (χ2n) is 3.49. The fourth-order valence-electron chi connectivity index (χ4n) is 1.35. The molecule has 0 aliphatic rings. The van der Waals surface area contributed by atoms with Crippen LogP contribution in [0.5, 0.6) is 0 Å². The Morgan fingerprint density at radius 2 is 1.89 bits per heavy atom. The van der Waals surface area contributed by atoms with Crippen molar-refractivity contribution >= 4 is 11.6 Å². The lowest BCUT2D eigenvalue weighted by Gasteiger charge is -2.08. The van der Waals surface area contributed by atoms with Crippen LogP contribution >= 0.6 is 0 Å². The Morgan fingerprint density at radius 3 is 2.39 bits per heavy atom. The van der Waals surface area contributed by atoms with Crippen LogP contribution in [0.3, 0.4) is 0 Å². The molecule has 0 aliphatic carbocycles. The number of rotatable bonds is 2. The highest BCUT2D eigenvalue weighted by Crippen LogP contribution is 2.21. The first kappa shape index (κ1) is 12.2. The molecule has 94 valence electrons. The van der Waals surface area contributed by atoms with E-state index in [2.05, 4.69) is 9.97 Å². The summed E-state index contributed by atoms with van der Waals surface area (Å²) in [7, 11) is 0. The lowest BCUT2D eigenvalue weighted by atomic mass is 10.1. The van der Waals surface area contributed by atoms with Gasteiger partial charge in [0.05, 0.1) is 18.2 Å². The first-order valence-corrected chi connectivity index (χ1v) is 4.94. The number of amides is 1. The fourth-order valence-corrected chi connectivity index (χ4v) is 1.35. The third-order valence-electron chi connectivity index (χ3n) is 2.21. The van der Waals surface area contributed by atoms with Gasteiger partial charge in [-0.05, 0) is 17.7 Å². The van der Waals surface area contributed by atoms with Crippen molar-refractivity contribution in [3.63, 3.8) is 0 Å². The van der Waals surface area contributed by atoms with Crippen LogP contribution in [0.1, 0.15) is 0 Å². The zero-order valence-corrected chi connectivity index (χ0v) is 8.95. The first-order valence-electron chi connectivity index (χ1n) is 4.94. The van der Waals surface area contributed by atoms with Crippen molar-refractivity contribution in [3.05, 3.63) is 36.8 Å². The quantitative estimate of drug-likeness (QED) is 0.866. The number of carbonyl (C=O) groups is 1. The lowest BCUT2D eigenvalue weighted by Crippen LogP contribution is -2.29. The number of carbonyl (C=O) groups excluding carboxylic acids is 1. The maximum atomic E-state index is 12.0. The summed E-state index contributed by atoms with van der Waals surface area (Å²) in [6, 6.07) is 5.94. The van der Waals surface area contributed by atoms with Crippen molar-refractivity contribution in [3.8, 4) is 11.3 Å². The van der Waals surface area contributed by atoms with Crippen LogP contribution in [-0.2, 0) is 4.79 Å². The summed E-state index contributed by atoms with van der Waals surface area (Å²) >= 11 is 0. The molecule has 7 heteroatoms. The van der Waals surface area contributed by atoms with E-state index in [1.807, 2.05) is 0 Å². The maximum Gasteiger partial charge on any atom is 0.471 e. The van der Waals surface area contributed by atoms with Gasteiger partial charge < -0.3 is 10.3 Å². The molecule has 1 amide bonds. The van der Waals surface area contributed by atoms with E-state index in [9.17, 15) is 18.0 Å². The number of hydrogen-bond donors (Lipinski definition) is 2. The van der Waals surface area contributed by atoms with Crippen molar-refractivity contribution in [2.45, 2.75) is 6.18 Å². The predicted octanol–water partition coefficient (Wildman–Crippen LogP) is 2.58.